The molecule has 0 aromatic carbocycles. The average Bonchev–Trinajstić information content (AvgIpc) is 2.48. The number of fused-ring (bicyclic) bond motifs is 1. The second kappa shape index (κ2) is 2.67. The molecule has 2 rings (SSSR count). The number of rotatable bonds is 1. The highest BCUT2D eigenvalue weighted by Gasteiger charge is 2.65. The van der Waals surface area contributed by atoms with E-state index in [1.165, 1.54) is 0 Å². The van der Waals surface area contributed by atoms with Gasteiger partial charge in [-0.2, -0.15) is 0 Å². The van der Waals surface area contributed by atoms with E-state index < -0.39 is 17.3 Å². The first kappa shape index (κ1) is 9.40. The number of ether oxygens (including phenoxy) is 3. The molecule has 0 radical (unpaired) electrons. The van der Waals surface area contributed by atoms with Crippen molar-refractivity contribution in [2.45, 2.75) is 37.3 Å². The second-order valence-corrected chi connectivity index (χ2v) is 4.08. The maximum atomic E-state index is 9.73. The fraction of sp³-hybridized carbons (Fsp3) is 1.00. The molecule has 0 aromatic heterocycles. The van der Waals surface area contributed by atoms with Crippen molar-refractivity contribution in [3.63, 3.8) is 0 Å². The third kappa shape index (κ3) is 0.944. The summed E-state index contributed by atoms with van der Waals surface area (Å²) in [6.45, 7) is 4.63. The van der Waals surface area contributed by atoms with E-state index in [0.717, 1.165) is 0 Å². The molecule has 2 aliphatic rings. The Morgan fingerprint density at radius 3 is 2.46 bits per heavy atom. The Morgan fingerprint density at radius 1 is 1.23 bits per heavy atom. The molecule has 0 bridgehead atoms. The molecule has 0 amide bonds. The van der Waals surface area contributed by atoms with Gasteiger partial charge in [-0.05, 0) is 13.8 Å². The number of hydrogen-bond donors (Lipinski definition) is 1. The quantitative estimate of drug-likeness (QED) is 0.626. The lowest BCUT2D eigenvalue weighted by atomic mass is 9.83. The Morgan fingerprint density at radius 2 is 1.85 bits per heavy atom. The van der Waals surface area contributed by atoms with Crippen LogP contribution in [-0.2, 0) is 14.2 Å². The number of aliphatic hydroxyl groups excluding tert-OH is 1. The standard InChI is InChI=1S/C9H16O4/c1-8-6(10)4-12-9(8,2)7(11-3)5-13-8/h6-7,10H,4-5H2,1-3H3. The monoisotopic (exact) mass is 188 g/mol. The number of hydrogen-bond acceptors (Lipinski definition) is 4. The van der Waals surface area contributed by atoms with Crippen LogP contribution < -0.4 is 0 Å². The van der Waals surface area contributed by atoms with Gasteiger partial charge in [0.05, 0.1) is 13.2 Å². The zero-order valence-corrected chi connectivity index (χ0v) is 8.24. The smallest absolute Gasteiger partial charge is 0.125 e. The predicted octanol–water partition coefficient (Wildman–Crippen LogP) is -0.0599. The van der Waals surface area contributed by atoms with Crippen LogP contribution in [0.3, 0.4) is 0 Å². The molecule has 0 aromatic rings. The topological polar surface area (TPSA) is 47.9 Å². The fourth-order valence-corrected chi connectivity index (χ4v) is 2.24. The van der Waals surface area contributed by atoms with E-state index in [1.807, 2.05) is 13.8 Å². The Bertz CT molecular complexity index is 220. The van der Waals surface area contributed by atoms with Gasteiger partial charge >= 0.3 is 0 Å². The summed E-state index contributed by atoms with van der Waals surface area (Å²) in [6, 6.07) is 0. The van der Waals surface area contributed by atoms with Crippen molar-refractivity contribution in [3.05, 3.63) is 0 Å². The summed E-state index contributed by atoms with van der Waals surface area (Å²) in [4.78, 5) is 0. The first-order valence-corrected chi connectivity index (χ1v) is 4.53. The zero-order chi connectivity index (χ0) is 9.69. The predicted molar refractivity (Wildman–Crippen MR) is 45.5 cm³/mol. The highest BCUT2D eigenvalue weighted by Crippen LogP contribution is 2.46. The van der Waals surface area contributed by atoms with Crippen molar-refractivity contribution in [2.24, 2.45) is 0 Å². The van der Waals surface area contributed by atoms with Gasteiger partial charge in [-0.3, -0.25) is 0 Å². The number of methoxy groups -OCH3 is 1. The minimum absolute atomic E-state index is 0.0883. The molecule has 0 spiro atoms. The van der Waals surface area contributed by atoms with Gasteiger partial charge in [0.1, 0.15) is 23.4 Å². The molecule has 4 heteroatoms. The van der Waals surface area contributed by atoms with Crippen molar-refractivity contribution in [1.29, 1.82) is 0 Å². The molecular weight excluding hydrogens is 172 g/mol. The van der Waals surface area contributed by atoms with Gasteiger partial charge in [0, 0.05) is 7.11 Å². The van der Waals surface area contributed by atoms with Crippen LogP contribution in [0, 0.1) is 0 Å². The molecule has 0 aliphatic carbocycles. The summed E-state index contributed by atoms with van der Waals surface area (Å²) < 4.78 is 16.4. The lowest BCUT2D eigenvalue weighted by Crippen LogP contribution is -2.53. The molecule has 4 atom stereocenters. The second-order valence-electron chi connectivity index (χ2n) is 4.08. The lowest BCUT2D eigenvalue weighted by molar-refractivity contribution is -0.112. The fourth-order valence-electron chi connectivity index (χ4n) is 2.24. The highest BCUT2D eigenvalue weighted by atomic mass is 16.6. The Balaban J connectivity index is 2.32. The van der Waals surface area contributed by atoms with E-state index in [0.29, 0.717) is 13.2 Å². The van der Waals surface area contributed by atoms with E-state index in [4.69, 9.17) is 14.2 Å². The average molecular weight is 188 g/mol. The van der Waals surface area contributed by atoms with Crippen LogP contribution in [0.25, 0.3) is 0 Å². The Hall–Kier alpha value is -0.160. The van der Waals surface area contributed by atoms with E-state index >= 15 is 0 Å². The van der Waals surface area contributed by atoms with E-state index in [-0.39, 0.29) is 6.10 Å². The Kier molecular flexibility index (Phi) is 1.93. The third-order valence-electron chi connectivity index (χ3n) is 3.60. The lowest BCUT2D eigenvalue weighted by Gasteiger charge is -2.35. The van der Waals surface area contributed by atoms with Crippen LogP contribution in [0.1, 0.15) is 13.8 Å². The third-order valence-corrected chi connectivity index (χ3v) is 3.60. The molecule has 76 valence electrons. The molecule has 13 heavy (non-hydrogen) atoms. The van der Waals surface area contributed by atoms with Crippen LogP contribution in [0.15, 0.2) is 0 Å². The molecule has 2 saturated heterocycles. The maximum Gasteiger partial charge on any atom is 0.125 e. The summed E-state index contributed by atoms with van der Waals surface area (Å²) in [6.07, 6.45) is -0.646. The normalized spacial score (nSPS) is 55.4. The summed E-state index contributed by atoms with van der Waals surface area (Å²) in [5, 5.41) is 9.73. The van der Waals surface area contributed by atoms with Gasteiger partial charge in [0.25, 0.3) is 0 Å². The largest absolute Gasteiger partial charge is 0.388 e. The van der Waals surface area contributed by atoms with Gasteiger partial charge in [0.15, 0.2) is 0 Å². The molecule has 1 N–H and O–H groups in total. The molecule has 2 fully saturated rings. The van der Waals surface area contributed by atoms with Crippen molar-refractivity contribution >= 4 is 0 Å². The van der Waals surface area contributed by atoms with Gasteiger partial charge in [-0.25, -0.2) is 0 Å². The molecule has 4 nitrogen and oxygen atoms in total. The van der Waals surface area contributed by atoms with E-state index in [2.05, 4.69) is 0 Å². The summed E-state index contributed by atoms with van der Waals surface area (Å²) in [5.74, 6) is 0. The SMILES string of the molecule is COC1COC2(C)C(O)COC12C. The minimum atomic E-state index is -0.617. The maximum absolute atomic E-state index is 9.73. The summed E-state index contributed by atoms with van der Waals surface area (Å²) in [7, 11) is 1.64. The van der Waals surface area contributed by atoms with Crippen LogP contribution in [0.5, 0.6) is 0 Å². The molecular formula is C9H16O4. The van der Waals surface area contributed by atoms with Gasteiger partial charge in [-0.1, -0.05) is 0 Å². The molecule has 2 aliphatic heterocycles. The zero-order valence-electron chi connectivity index (χ0n) is 8.24. The molecule has 0 saturated carbocycles. The first-order valence-electron chi connectivity index (χ1n) is 4.53. The van der Waals surface area contributed by atoms with Crippen LogP contribution in [0.2, 0.25) is 0 Å². The van der Waals surface area contributed by atoms with Crippen molar-refractivity contribution in [3.8, 4) is 0 Å². The van der Waals surface area contributed by atoms with Crippen molar-refractivity contribution in [1.82, 2.24) is 0 Å². The number of aliphatic hydroxyl groups is 1. The molecule has 4 unspecified atom stereocenters. The van der Waals surface area contributed by atoms with Gasteiger partial charge in [0.2, 0.25) is 0 Å². The van der Waals surface area contributed by atoms with E-state index in [1.54, 1.807) is 7.11 Å². The Labute approximate surface area is 77.8 Å². The van der Waals surface area contributed by atoms with Crippen LogP contribution >= 0.6 is 0 Å². The van der Waals surface area contributed by atoms with Crippen molar-refractivity contribution < 1.29 is 19.3 Å². The molecule has 2 heterocycles. The minimum Gasteiger partial charge on any atom is -0.388 e. The summed E-state index contributed by atoms with van der Waals surface area (Å²) >= 11 is 0. The van der Waals surface area contributed by atoms with Crippen molar-refractivity contribution in [2.75, 3.05) is 20.3 Å². The van der Waals surface area contributed by atoms with Crippen LogP contribution in [-0.4, -0.2) is 48.8 Å². The van der Waals surface area contributed by atoms with Crippen LogP contribution in [0.4, 0.5) is 0 Å². The highest BCUT2D eigenvalue weighted by molar-refractivity contribution is 5.14. The van der Waals surface area contributed by atoms with Gasteiger partial charge in [-0.15, -0.1) is 0 Å². The summed E-state index contributed by atoms with van der Waals surface area (Å²) in [5.41, 5.74) is -1.13. The van der Waals surface area contributed by atoms with E-state index in [9.17, 15) is 5.11 Å². The van der Waals surface area contributed by atoms with Gasteiger partial charge < -0.3 is 19.3 Å². The first-order chi connectivity index (χ1) is 6.04.